The molecule has 0 aliphatic heterocycles. The van der Waals surface area contributed by atoms with Crippen LogP contribution in [0.4, 0.5) is 0 Å². The Bertz CT molecular complexity index is 1080. The summed E-state index contributed by atoms with van der Waals surface area (Å²) in [5.41, 5.74) is 9.40. The van der Waals surface area contributed by atoms with Crippen molar-refractivity contribution in [1.29, 1.82) is 0 Å². The number of hydrogen-bond acceptors (Lipinski definition) is 5. The highest BCUT2D eigenvalue weighted by Crippen LogP contribution is 2.44. The number of nitrogens with one attached hydrogen (secondary N) is 1. The number of carbonyl (C=O) groups is 2. The highest BCUT2D eigenvalue weighted by molar-refractivity contribution is 5.93. The molecule has 4 atom stereocenters. The van der Waals surface area contributed by atoms with Crippen LogP contribution in [0.25, 0.3) is 0 Å². The fourth-order valence-corrected chi connectivity index (χ4v) is 6.74. The van der Waals surface area contributed by atoms with Crippen LogP contribution >= 0.6 is 0 Å². The monoisotopic (exact) mass is 550 g/mol. The van der Waals surface area contributed by atoms with Crippen LogP contribution in [0, 0.1) is 11.8 Å². The van der Waals surface area contributed by atoms with Gasteiger partial charge in [0.05, 0.1) is 12.0 Å². The van der Waals surface area contributed by atoms with Crippen molar-refractivity contribution < 1.29 is 19.1 Å². The van der Waals surface area contributed by atoms with Gasteiger partial charge in [0.2, 0.25) is 5.91 Å². The molecule has 0 aromatic heterocycles. The van der Waals surface area contributed by atoms with Crippen LogP contribution in [0.1, 0.15) is 99.7 Å². The maximum atomic E-state index is 13.4. The number of fused-ring (bicyclic) bond motifs is 1. The van der Waals surface area contributed by atoms with Gasteiger partial charge >= 0.3 is 5.97 Å². The van der Waals surface area contributed by atoms with E-state index < -0.39 is 5.91 Å². The molecule has 0 bridgehead atoms. The highest BCUT2D eigenvalue weighted by atomic mass is 16.5. The summed E-state index contributed by atoms with van der Waals surface area (Å²) in [5, 5.41) is 3.84. The van der Waals surface area contributed by atoms with E-state index in [0.717, 1.165) is 50.5 Å². The summed E-state index contributed by atoms with van der Waals surface area (Å²) in [7, 11) is 1.78. The van der Waals surface area contributed by atoms with Gasteiger partial charge in [0.25, 0.3) is 0 Å². The standard InChI is InChI=1S/C34H50N2O4/c1-6-13-24(7-2)20-28(33(38)40-23-25-14-11-10-12-15-25)18-19-36-31-30(39-5)22-26-16-17-27(32(35)37)21-29(26)34(31,8-3)9-4/h10-12,14-17,21,24,28,30-31,36H,6-9,13,18-20,22-23H2,1-5H3,(H2,35,37)/t24?,28-,30+,31-/m1/s1. The van der Waals surface area contributed by atoms with E-state index in [0.29, 0.717) is 31.1 Å². The van der Waals surface area contributed by atoms with Crippen LogP contribution in [0.3, 0.4) is 0 Å². The van der Waals surface area contributed by atoms with Crippen LogP contribution in [0.15, 0.2) is 48.5 Å². The van der Waals surface area contributed by atoms with Gasteiger partial charge in [-0.05, 0) is 67.0 Å². The summed E-state index contributed by atoms with van der Waals surface area (Å²) in [5.74, 6) is -0.175. The average Bonchev–Trinajstić information content (AvgIpc) is 2.98. The van der Waals surface area contributed by atoms with Crippen LogP contribution in [0.2, 0.25) is 0 Å². The van der Waals surface area contributed by atoms with Gasteiger partial charge < -0.3 is 20.5 Å². The summed E-state index contributed by atoms with van der Waals surface area (Å²) in [6.07, 6.45) is 7.39. The number of benzene rings is 2. The lowest BCUT2D eigenvalue weighted by Gasteiger charge is -2.49. The second-order valence-electron chi connectivity index (χ2n) is 11.4. The van der Waals surface area contributed by atoms with Crippen molar-refractivity contribution in [2.24, 2.45) is 17.6 Å². The van der Waals surface area contributed by atoms with Gasteiger partial charge in [-0.2, -0.15) is 0 Å². The van der Waals surface area contributed by atoms with E-state index in [1.54, 1.807) is 7.11 Å². The first-order valence-electron chi connectivity index (χ1n) is 15.2. The molecule has 1 amide bonds. The third-order valence-electron chi connectivity index (χ3n) is 9.19. The maximum Gasteiger partial charge on any atom is 0.309 e. The van der Waals surface area contributed by atoms with Crippen LogP contribution < -0.4 is 11.1 Å². The number of hydrogen-bond donors (Lipinski definition) is 2. The average molecular weight is 551 g/mol. The smallest absolute Gasteiger partial charge is 0.309 e. The van der Waals surface area contributed by atoms with E-state index in [9.17, 15) is 9.59 Å². The van der Waals surface area contributed by atoms with Crippen molar-refractivity contribution >= 4 is 11.9 Å². The Labute approximate surface area is 241 Å². The van der Waals surface area contributed by atoms with Gasteiger partial charge in [0, 0.05) is 30.6 Å². The Morgan fingerprint density at radius 3 is 2.38 bits per heavy atom. The quantitative estimate of drug-likeness (QED) is 0.238. The lowest BCUT2D eigenvalue weighted by atomic mass is 9.62. The van der Waals surface area contributed by atoms with Gasteiger partial charge in [0.15, 0.2) is 0 Å². The molecule has 0 saturated carbocycles. The summed E-state index contributed by atoms with van der Waals surface area (Å²) < 4.78 is 11.9. The third-order valence-corrected chi connectivity index (χ3v) is 9.19. The lowest BCUT2D eigenvalue weighted by molar-refractivity contribution is -0.150. The second-order valence-corrected chi connectivity index (χ2v) is 11.4. The van der Waals surface area contributed by atoms with E-state index in [2.05, 4.69) is 33.0 Å². The Kier molecular flexibility index (Phi) is 12.2. The molecule has 6 heteroatoms. The summed E-state index contributed by atoms with van der Waals surface area (Å²) in [4.78, 5) is 25.4. The van der Waals surface area contributed by atoms with E-state index in [1.165, 1.54) is 11.1 Å². The topological polar surface area (TPSA) is 90.6 Å². The van der Waals surface area contributed by atoms with E-state index in [1.807, 2.05) is 48.5 Å². The molecule has 40 heavy (non-hydrogen) atoms. The van der Waals surface area contributed by atoms with E-state index >= 15 is 0 Å². The molecule has 0 spiro atoms. The van der Waals surface area contributed by atoms with Crippen molar-refractivity contribution in [3.63, 3.8) is 0 Å². The second kappa shape index (κ2) is 15.3. The minimum Gasteiger partial charge on any atom is -0.461 e. The van der Waals surface area contributed by atoms with E-state index in [-0.39, 0.29) is 29.4 Å². The predicted octanol–water partition coefficient (Wildman–Crippen LogP) is 6.34. The number of esters is 1. The fraction of sp³-hybridized carbons (Fsp3) is 0.588. The molecule has 2 aromatic rings. The zero-order valence-corrected chi connectivity index (χ0v) is 25.2. The Morgan fingerprint density at radius 1 is 1.05 bits per heavy atom. The van der Waals surface area contributed by atoms with Crippen LogP contribution in [0.5, 0.6) is 0 Å². The molecule has 1 aliphatic rings. The van der Waals surface area contributed by atoms with Crippen molar-refractivity contribution in [2.75, 3.05) is 13.7 Å². The number of rotatable bonds is 16. The molecular weight excluding hydrogens is 500 g/mol. The predicted molar refractivity (Wildman–Crippen MR) is 161 cm³/mol. The maximum absolute atomic E-state index is 13.4. The van der Waals surface area contributed by atoms with Crippen LogP contribution in [-0.4, -0.2) is 37.7 Å². The van der Waals surface area contributed by atoms with Crippen molar-refractivity contribution in [1.82, 2.24) is 5.32 Å². The fourth-order valence-electron chi connectivity index (χ4n) is 6.74. The molecule has 0 radical (unpaired) electrons. The van der Waals surface area contributed by atoms with Gasteiger partial charge in [-0.3, -0.25) is 9.59 Å². The normalized spacial score (nSPS) is 19.4. The van der Waals surface area contributed by atoms with Crippen molar-refractivity contribution in [2.45, 2.75) is 103 Å². The number of amides is 1. The largest absolute Gasteiger partial charge is 0.461 e. The molecule has 0 saturated heterocycles. The highest BCUT2D eigenvalue weighted by Gasteiger charge is 2.47. The Balaban J connectivity index is 1.80. The first-order chi connectivity index (χ1) is 19.3. The van der Waals surface area contributed by atoms with Gasteiger partial charge in [-0.15, -0.1) is 0 Å². The molecule has 2 aromatic carbocycles. The van der Waals surface area contributed by atoms with Crippen LogP contribution in [-0.2, 0) is 32.7 Å². The van der Waals surface area contributed by atoms with Crippen molar-refractivity contribution in [3.8, 4) is 0 Å². The molecule has 0 heterocycles. The first kappa shape index (κ1) is 31.8. The Morgan fingerprint density at radius 2 is 1.77 bits per heavy atom. The van der Waals surface area contributed by atoms with Crippen molar-refractivity contribution in [3.05, 3.63) is 70.8 Å². The lowest BCUT2D eigenvalue weighted by Crippen LogP contribution is -2.59. The number of nitrogens with two attached hydrogens (primary N) is 1. The molecular formula is C34H50N2O4. The number of carbonyl (C=O) groups excluding carboxylic acids is 2. The molecule has 0 fully saturated rings. The van der Waals surface area contributed by atoms with Gasteiger partial charge in [-0.25, -0.2) is 0 Å². The number of methoxy groups -OCH3 is 1. The van der Waals surface area contributed by atoms with Gasteiger partial charge in [-0.1, -0.05) is 83.4 Å². The minimum absolute atomic E-state index is 0.0150. The summed E-state index contributed by atoms with van der Waals surface area (Å²) in [6.45, 7) is 9.82. The zero-order chi connectivity index (χ0) is 29.1. The Hall–Kier alpha value is -2.70. The molecule has 1 unspecified atom stereocenters. The number of primary amides is 1. The summed E-state index contributed by atoms with van der Waals surface area (Å²) in [6, 6.07) is 15.8. The number of ether oxygens (including phenoxy) is 2. The third kappa shape index (κ3) is 7.52. The molecule has 6 nitrogen and oxygen atoms in total. The SMILES string of the molecule is CCCC(CC)C[C@@H](CCN[C@@H]1[C@@H](OC)Cc2ccc(C(N)=O)cc2C1(CC)CC)C(=O)OCc1ccccc1. The minimum atomic E-state index is -0.406. The van der Waals surface area contributed by atoms with Gasteiger partial charge in [0.1, 0.15) is 6.61 Å². The van der Waals surface area contributed by atoms with E-state index in [4.69, 9.17) is 15.2 Å². The molecule has 3 N–H and O–H groups in total. The first-order valence-corrected chi connectivity index (χ1v) is 15.2. The molecule has 3 rings (SSSR count). The summed E-state index contributed by atoms with van der Waals surface area (Å²) >= 11 is 0. The zero-order valence-electron chi connectivity index (χ0n) is 25.2. The molecule has 1 aliphatic carbocycles. The molecule has 220 valence electrons.